The molecule has 1 heterocycles. The number of aliphatic hydroxyl groups is 1. The molecule has 1 fully saturated rings. The second-order valence-corrected chi connectivity index (χ2v) is 5.93. The van der Waals surface area contributed by atoms with Gasteiger partial charge in [0.1, 0.15) is 5.82 Å². The summed E-state index contributed by atoms with van der Waals surface area (Å²) in [6, 6.07) is 3.29. The van der Waals surface area contributed by atoms with Gasteiger partial charge in [-0.05, 0) is 24.6 Å². The smallest absolute Gasteiger partial charge is 0.243 e. The van der Waals surface area contributed by atoms with E-state index >= 15 is 0 Å². The van der Waals surface area contributed by atoms with E-state index < -0.39 is 21.9 Å². The second kappa shape index (κ2) is 4.25. The zero-order valence-corrected chi connectivity index (χ0v) is 9.82. The van der Waals surface area contributed by atoms with Crippen molar-refractivity contribution in [3.63, 3.8) is 0 Å². The highest BCUT2D eigenvalue weighted by molar-refractivity contribution is 7.89. The topological polar surface area (TPSA) is 83.6 Å². The second-order valence-electron chi connectivity index (χ2n) is 3.99. The Bertz CT molecular complexity index is 532. The van der Waals surface area contributed by atoms with Crippen LogP contribution in [-0.4, -0.2) is 37.0 Å². The van der Waals surface area contributed by atoms with Crippen LogP contribution in [0.25, 0.3) is 0 Å². The minimum absolute atomic E-state index is 0.0505. The van der Waals surface area contributed by atoms with E-state index in [-0.39, 0.29) is 23.7 Å². The lowest BCUT2D eigenvalue weighted by Crippen LogP contribution is -2.29. The van der Waals surface area contributed by atoms with Gasteiger partial charge in [0, 0.05) is 13.1 Å². The quantitative estimate of drug-likeness (QED) is 0.742. The molecule has 0 spiro atoms. The predicted octanol–water partition coefficient (Wildman–Crippen LogP) is 0.163. The van der Waals surface area contributed by atoms with Crippen molar-refractivity contribution in [1.29, 1.82) is 0 Å². The fraction of sp³-hybridized carbons (Fsp3) is 0.400. The van der Waals surface area contributed by atoms with Gasteiger partial charge in [0.15, 0.2) is 0 Å². The minimum Gasteiger partial charge on any atom is -0.396 e. The maximum absolute atomic E-state index is 13.0. The van der Waals surface area contributed by atoms with Gasteiger partial charge >= 0.3 is 0 Å². The van der Waals surface area contributed by atoms with Crippen LogP contribution >= 0.6 is 0 Å². The van der Waals surface area contributed by atoms with E-state index in [1.165, 1.54) is 10.4 Å². The van der Waals surface area contributed by atoms with Crippen molar-refractivity contribution in [2.75, 3.05) is 18.8 Å². The summed E-state index contributed by atoms with van der Waals surface area (Å²) < 4.78 is 38.3. The molecule has 0 saturated carbocycles. The van der Waals surface area contributed by atoms with Gasteiger partial charge in [0.25, 0.3) is 0 Å². The third-order valence-electron chi connectivity index (χ3n) is 2.73. The molecule has 17 heavy (non-hydrogen) atoms. The predicted molar refractivity (Wildman–Crippen MR) is 60.2 cm³/mol. The largest absolute Gasteiger partial charge is 0.396 e. The van der Waals surface area contributed by atoms with E-state index in [1.54, 1.807) is 0 Å². The molecule has 0 bridgehead atoms. The first-order valence-electron chi connectivity index (χ1n) is 5.14. The Morgan fingerprint density at radius 1 is 1.47 bits per heavy atom. The Morgan fingerprint density at radius 3 is 2.71 bits per heavy atom. The van der Waals surface area contributed by atoms with Crippen molar-refractivity contribution in [2.24, 2.45) is 0 Å². The number of nitrogens with zero attached hydrogens (tertiary/aromatic N) is 1. The van der Waals surface area contributed by atoms with Gasteiger partial charge in [-0.1, -0.05) is 0 Å². The van der Waals surface area contributed by atoms with Crippen molar-refractivity contribution >= 4 is 15.7 Å². The number of β-amino-alcohol motifs (C(OH)–C–C–N with tert-alkyl or cyclic N) is 1. The minimum atomic E-state index is -3.68. The standard InChI is InChI=1S/C10H13FN2O3S/c11-9-2-1-8(5-10(9)12)17(15,16)13-4-3-7(14)6-13/h1-2,5,7,14H,3-4,6,12H2. The van der Waals surface area contributed by atoms with Gasteiger partial charge in [0.05, 0.1) is 16.7 Å². The molecule has 0 aromatic heterocycles. The van der Waals surface area contributed by atoms with E-state index in [0.29, 0.717) is 6.42 Å². The summed E-state index contributed by atoms with van der Waals surface area (Å²) in [5.74, 6) is -0.648. The van der Waals surface area contributed by atoms with Crippen LogP contribution in [0.1, 0.15) is 6.42 Å². The highest BCUT2D eigenvalue weighted by Crippen LogP contribution is 2.23. The van der Waals surface area contributed by atoms with Crippen LogP contribution in [0.4, 0.5) is 10.1 Å². The number of hydrogen-bond donors (Lipinski definition) is 2. The van der Waals surface area contributed by atoms with Crippen molar-refractivity contribution in [1.82, 2.24) is 4.31 Å². The summed E-state index contributed by atoms with van der Waals surface area (Å²) in [5.41, 5.74) is 5.13. The average Bonchev–Trinajstić information content (AvgIpc) is 2.69. The van der Waals surface area contributed by atoms with Crippen LogP contribution in [0, 0.1) is 5.82 Å². The van der Waals surface area contributed by atoms with E-state index in [0.717, 1.165) is 12.1 Å². The van der Waals surface area contributed by atoms with Crippen molar-refractivity contribution in [3.8, 4) is 0 Å². The molecule has 7 heteroatoms. The van der Waals surface area contributed by atoms with E-state index in [4.69, 9.17) is 5.73 Å². The maximum Gasteiger partial charge on any atom is 0.243 e. The van der Waals surface area contributed by atoms with Gasteiger partial charge in [-0.15, -0.1) is 0 Å². The summed E-state index contributed by atoms with van der Waals surface area (Å²) in [6.45, 7) is 0.334. The molecule has 1 unspecified atom stereocenters. The van der Waals surface area contributed by atoms with Gasteiger partial charge in [-0.25, -0.2) is 12.8 Å². The van der Waals surface area contributed by atoms with Crippen LogP contribution in [-0.2, 0) is 10.0 Å². The van der Waals surface area contributed by atoms with Gasteiger partial charge in [-0.2, -0.15) is 4.31 Å². The van der Waals surface area contributed by atoms with E-state index in [2.05, 4.69) is 0 Å². The lowest BCUT2D eigenvalue weighted by atomic mass is 10.3. The van der Waals surface area contributed by atoms with Crippen LogP contribution in [0.5, 0.6) is 0 Å². The number of hydrogen-bond acceptors (Lipinski definition) is 4. The average molecular weight is 260 g/mol. The SMILES string of the molecule is Nc1cc(S(=O)(=O)N2CCC(O)C2)ccc1F. The number of anilines is 1. The van der Waals surface area contributed by atoms with E-state index in [9.17, 15) is 17.9 Å². The zero-order valence-electron chi connectivity index (χ0n) is 9.01. The Kier molecular flexibility index (Phi) is 3.07. The third-order valence-corrected chi connectivity index (χ3v) is 4.59. The number of nitrogen functional groups attached to an aromatic ring is 1. The molecular weight excluding hydrogens is 247 g/mol. The van der Waals surface area contributed by atoms with Gasteiger partial charge < -0.3 is 10.8 Å². The van der Waals surface area contributed by atoms with Crippen LogP contribution in [0.2, 0.25) is 0 Å². The number of aliphatic hydroxyl groups excluding tert-OH is 1. The molecule has 1 aliphatic rings. The highest BCUT2D eigenvalue weighted by atomic mass is 32.2. The Labute approximate surface area is 98.7 Å². The third kappa shape index (κ3) is 2.26. The zero-order chi connectivity index (χ0) is 12.6. The first-order valence-corrected chi connectivity index (χ1v) is 6.58. The number of halogens is 1. The number of rotatable bonds is 2. The van der Waals surface area contributed by atoms with Crippen molar-refractivity contribution in [3.05, 3.63) is 24.0 Å². The summed E-state index contributed by atoms with van der Waals surface area (Å²) >= 11 is 0. The summed E-state index contributed by atoms with van der Waals surface area (Å²) in [5, 5.41) is 9.32. The molecule has 1 aromatic rings. The lowest BCUT2D eigenvalue weighted by Gasteiger charge is -2.15. The van der Waals surface area contributed by atoms with Crippen LogP contribution < -0.4 is 5.73 Å². The van der Waals surface area contributed by atoms with Crippen LogP contribution in [0.3, 0.4) is 0 Å². The summed E-state index contributed by atoms with van der Waals surface area (Å²) in [7, 11) is -3.68. The Balaban J connectivity index is 2.35. The normalized spacial score (nSPS) is 21.9. The lowest BCUT2D eigenvalue weighted by molar-refractivity contribution is 0.189. The Hall–Kier alpha value is -1.18. The fourth-order valence-electron chi connectivity index (χ4n) is 1.76. The maximum atomic E-state index is 13.0. The molecule has 0 radical (unpaired) electrons. The molecule has 1 saturated heterocycles. The number of sulfonamides is 1. The number of nitrogens with two attached hydrogens (primary N) is 1. The first-order chi connectivity index (χ1) is 7.91. The van der Waals surface area contributed by atoms with Gasteiger partial charge in [0.2, 0.25) is 10.0 Å². The van der Waals surface area contributed by atoms with Gasteiger partial charge in [-0.3, -0.25) is 0 Å². The highest BCUT2D eigenvalue weighted by Gasteiger charge is 2.31. The van der Waals surface area contributed by atoms with Crippen LogP contribution in [0.15, 0.2) is 23.1 Å². The molecule has 2 rings (SSSR count). The molecular formula is C10H13FN2O3S. The van der Waals surface area contributed by atoms with Crippen molar-refractivity contribution < 1.29 is 17.9 Å². The molecule has 0 amide bonds. The number of benzene rings is 1. The summed E-state index contributed by atoms with van der Waals surface area (Å²) in [4.78, 5) is -0.0505. The van der Waals surface area contributed by atoms with Crippen molar-refractivity contribution in [2.45, 2.75) is 17.4 Å². The van der Waals surface area contributed by atoms with E-state index in [1.807, 2.05) is 0 Å². The molecule has 1 atom stereocenters. The fourth-order valence-corrected chi connectivity index (χ4v) is 3.29. The Morgan fingerprint density at radius 2 is 2.18 bits per heavy atom. The molecule has 0 aliphatic carbocycles. The molecule has 1 aromatic carbocycles. The monoisotopic (exact) mass is 260 g/mol. The molecule has 3 N–H and O–H groups in total. The first kappa shape index (κ1) is 12.3. The molecule has 5 nitrogen and oxygen atoms in total. The summed E-state index contributed by atoms with van der Waals surface area (Å²) in [6.07, 6.45) is -0.224. The molecule has 1 aliphatic heterocycles. The molecule has 94 valence electrons.